The number of aryl methyl sites for hydroxylation is 1. The number of aliphatic hydroxyl groups is 1. The first kappa shape index (κ1) is 16.4. The predicted molar refractivity (Wildman–Crippen MR) is 77.4 cm³/mol. The van der Waals surface area contributed by atoms with E-state index in [1.165, 1.54) is 13.3 Å². The fourth-order valence-corrected chi connectivity index (χ4v) is 4.26. The van der Waals surface area contributed by atoms with E-state index in [0.29, 0.717) is 18.7 Å². The lowest BCUT2D eigenvalue weighted by molar-refractivity contribution is -0.0487. The van der Waals surface area contributed by atoms with Gasteiger partial charge >= 0.3 is 0 Å². The van der Waals surface area contributed by atoms with Crippen LogP contribution in [0, 0.1) is 6.92 Å². The van der Waals surface area contributed by atoms with Crippen molar-refractivity contribution in [2.24, 2.45) is 0 Å². The molecule has 21 heavy (non-hydrogen) atoms. The average molecular weight is 317 g/mol. The third-order valence-corrected chi connectivity index (χ3v) is 5.65. The Bertz CT molecular complexity index is 584. The summed E-state index contributed by atoms with van der Waals surface area (Å²) in [6, 6.07) is -0.530. The van der Waals surface area contributed by atoms with Gasteiger partial charge in [0.25, 0.3) is 0 Å². The lowest BCUT2D eigenvalue weighted by atomic mass is 9.91. The zero-order chi connectivity index (χ0) is 15.6. The van der Waals surface area contributed by atoms with Crippen LogP contribution in [0.2, 0.25) is 0 Å². The van der Waals surface area contributed by atoms with Crippen LogP contribution in [0.4, 0.5) is 0 Å². The standard InChI is InChI=1S/C13H23N3O4S/c1-4-16-9(2)12(8-14-16)21(18,19)15-10-6-5-7-11(20-3)13(10)17/h8,10-11,13,15,17H,4-7H2,1-3H3/t10-,11-,13-/m1/s1. The van der Waals surface area contributed by atoms with Crippen molar-refractivity contribution < 1.29 is 18.3 Å². The maximum atomic E-state index is 12.5. The Balaban J connectivity index is 2.19. The Morgan fingerprint density at radius 3 is 2.81 bits per heavy atom. The highest BCUT2D eigenvalue weighted by molar-refractivity contribution is 7.89. The normalized spacial score (nSPS) is 27.0. The van der Waals surface area contributed by atoms with Crippen LogP contribution in [0.15, 0.2) is 11.1 Å². The molecule has 0 spiro atoms. The molecule has 7 nitrogen and oxygen atoms in total. The quantitative estimate of drug-likeness (QED) is 0.821. The lowest BCUT2D eigenvalue weighted by Gasteiger charge is -2.33. The van der Waals surface area contributed by atoms with Crippen LogP contribution < -0.4 is 4.72 Å². The van der Waals surface area contributed by atoms with Crippen molar-refractivity contribution in [3.05, 3.63) is 11.9 Å². The molecule has 1 saturated carbocycles. The van der Waals surface area contributed by atoms with Crippen molar-refractivity contribution in [3.63, 3.8) is 0 Å². The highest BCUT2D eigenvalue weighted by atomic mass is 32.2. The second-order valence-electron chi connectivity index (χ2n) is 5.33. The number of sulfonamides is 1. The third kappa shape index (κ3) is 3.28. The molecule has 0 aliphatic heterocycles. The Morgan fingerprint density at radius 1 is 1.52 bits per heavy atom. The van der Waals surface area contributed by atoms with E-state index in [-0.39, 0.29) is 11.0 Å². The number of aromatic nitrogens is 2. The van der Waals surface area contributed by atoms with E-state index >= 15 is 0 Å². The average Bonchev–Trinajstić information content (AvgIpc) is 2.82. The van der Waals surface area contributed by atoms with Crippen LogP contribution in [0.5, 0.6) is 0 Å². The Morgan fingerprint density at radius 2 is 2.24 bits per heavy atom. The molecule has 1 fully saturated rings. The molecule has 0 bridgehead atoms. The lowest BCUT2D eigenvalue weighted by Crippen LogP contribution is -2.51. The maximum absolute atomic E-state index is 12.5. The molecule has 1 aromatic rings. The molecule has 1 aliphatic rings. The van der Waals surface area contributed by atoms with Gasteiger partial charge in [-0.2, -0.15) is 5.10 Å². The summed E-state index contributed by atoms with van der Waals surface area (Å²) in [6.45, 7) is 4.23. The first-order valence-corrected chi connectivity index (χ1v) is 8.64. The summed E-state index contributed by atoms with van der Waals surface area (Å²) >= 11 is 0. The summed E-state index contributed by atoms with van der Waals surface area (Å²) in [6.07, 6.45) is 2.34. The first-order chi connectivity index (χ1) is 9.90. The minimum atomic E-state index is -3.69. The number of hydrogen-bond acceptors (Lipinski definition) is 5. The van der Waals surface area contributed by atoms with Crippen molar-refractivity contribution in [1.82, 2.24) is 14.5 Å². The summed E-state index contributed by atoms with van der Waals surface area (Å²) in [4.78, 5) is 0.163. The van der Waals surface area contributed by atoms with Crippen LogP contribution in [0.25, 0.3) is 0 Å². The number of methoxy groups -OCH3 is 1. The van der Waals surface area contributed by atoms with Crippen molar-refractivity contribution in [1.29, 1.82) is 0 Å². The van der Waals surface area contributed by atoms with Crippen LogP contribution in [-0.2, 0) is 21.3 Å². The largest absolute Gasteiger partial charge is 0.389 e. The van der Waals surface area contributed by atoms with Gasteiger partial charge in [-0.3, -0.25) is 4.68 Å². The molecule has 0 radical (unpaired) electrons. The number of hydrogen-bond donors (Lipinski definition) is 2. The smallest absolute Gasteiger partial charge is 0.244 e. The zero-order valence-corrected chi connectivity index (χ0v) is 13.4. The molecule has 8 heteroatoms. The second-order valence-corrected chi connectivity index (χ2v) is 7.02. The number of aliphatic hydroxyl groups excluding tert-OH is 1. The van der Waals surface area contributed by atoms with E-state index in [9.17, 15) is 13.5 Å². The Hall–Kier alpha value is -0.960. The van der Waals surface area contributed by atoms with E-state index < -0.39 is 22.2 Å². The fraction of sp³-hybridized carbons (Fsp3) is 0.769. The van der Waals surface area contributed by atoms with Gasteiger partial charge in [0.05, 0.1) is 30.1 Å². The third-order valence-electron chi connectivity index (χ3n) is 4.05. The summed E-state index contributed by atoms with van der Waals surface area (Å²) in [5.74, 6) is 0. The molecule has 0 aromatic carbocycles. The van der Waals surface area contributed by atoms with Gasteiger partial charge in [0.2, 0.25) is 10.0 Å². The van der Waals surface area contributed by atoms with E-state index in [1.807, 2.05) is 6.92 Å². The molecule has 120 valence electrons. The molecular weight excluding hydrogens is 294 g/mol. The van der Waals surface area contributed by atoms with Gasteiger partial charge in [-0.15, -0.1) is 0 Å². The highest BCUT2D eigenvalue weighted by Crippen LogP contribution is 2.24. The van der Waals surface area contributed by atoms with Crippen molar-refractivity contribution in [2.75, 3.05) is 7.11 Å². The minimum absolute atomic E-state index is 0.163. The minimum Gasteiger partial charge on any atom is -0.389 e. The molecule has 0 saturated heterocycles. The van der Waals surface area contributed by atoms with Gasteiger partial charge in [-0.05, 0) is 33.1 Å². The highest BCUT2D eigenvalue weighted by Gasteiger charge is 2.35. The van der Waals surface area contributed by atoms with Crippen molar-refractivity contribution in [2.45, 2.75) is 62.8 Å². The molecule has 1 aliphatic carbocycles. The summed E-state index contributed by atoms with van der Waals surface area (Å²) in [5, 5.41) is 14.2. The molecule has 2 rings (SSSR count). The number of nitrogens with zero attached hydrogens (tertiary/aromatic N) is 2. The van der Waals surface area contributed by atoms with E-state index in [1.54, 1.807) is 11.6 Å². The summed E-state index contributed by atoms with van der Waals surface area (Å²) in [7, 11) is -2.17. The monoisotopic (exact) mass is 317 g/mol. The number of nitrogens with one attached hydrogen (secondary N) is 1. The Labute approximate surface area is 125 Å². The van der Waals surface area contributed by atoms with E-state index in [0.717, 1.165) is 12.8 Å². The number of ether oxygens (including phenoxy) is 1. The molecule has 0 amide bonds. The summed E-state index contributed by atoms with van der Waals surface area (Å²) < 4.78 is 34.4. The fourth-order valence-electron chi connectivity index (χ4n) is 2.80. The SMILES string of the molecule is CCn1ncc(S(=O)(=O)N[C@@H]2CCC[C@@H](OC)[C@@H]2O)c1C. The summed E-state index contributed by atoms with van der Waals surface area (Å²) in [5.41, 5.74) is 0.596. The first-order valence-electron chi connectivity index (χ1n) is 7.16. The topological polar surface area (TPSA) is 93.5 Å². The van der Waals surface area contributed by atoms with E-state index in [2.05, 4.69) is 9.82 Å². The Kier molecular flexibility index (Phi) is 5.03. The molecule has 0 unspecified atom stereocenters. The zero-order valence-electron chi connectivity index (χ0n) is 12.6. The van der Waals surface area contributed by atoms with Crippen LogP contribution in [-0.4, -0.2) is 48.7 Å². The molecule has 1 heterocycles. The van der Waals surface area contributed by atoms with Crippen LogP contribution in [0.1, 0.15) is 31.9 Å². The van der Waals surface area contributed by atoms with Gasteiger partial charge in [0, 0.05) is 13.7 Å². The van der Waals surface area contributed by atoms with Crippen LogP contribution in [0.3, 0.4) is 0 Å². The number of rotatable bonds is 5. The molecule has 3 atom stereocenters. The van der Waals surface area contributed by atoms with Gasteiger partial charge < -0.3 is 9.84 Å². The maximum Gasteiger partial charge on any atom is 0.244 e. The van der Waals surface area contributed by atoms with Gasteiger partial charge in [-0.25, -0.2) is 13.1 Å². The van der Waals surface area contributed by atoms with Gasteiger partial charge in [0.15, 0.2) is 0 Å². The van der Waals surface area contributed by atoms with Gasteiger partial charge in [0.1, 0.15) is 4.90 Å². The van der Waals surface area contributed by atoms with Gasteiger partial charge in [-0.1, -0.05) is 0 Å². The molecule has 2 N–H and O–H groups in total. The van der Waals surface area contributed by atoms with Crippen molar-refractivity contribution >= 4 is 10.0 Å². The van der Waals surface area contributed by atoms with Crippen molar-refractivity contribution in [3.8, 4) is 0 Å². The molecule has 1 aromatic heterocycles. The second kappa shape index (κ2) is 6.43. The molecular formula is C13H23N3O4S. The predicted octanol–water partition coefficient (Wildman–Crippen LogP) is 0.418. The van der Waals surface area contributed by atoms with Crippen LogP contribution >= 0.6 is 0 Å². The van der Waals surface area contributed by atoms with E-state index in [4.69, 9.17) is 4.74 Å².